The lowest BCUT2D eigenvalue weighted by Gasteiger charge is -2.23. The van der Waals surface area contributed by atoms with Crippen LogP contribution < -0.4 is 10.4 Å². The van der Waals surface area contributed by atoms with Gasteiger partial charge in [-0.25, -0.2) is 13.6 Å². The number of ether oxygens (including phenoxy) is 1. The maximum Gasteiger partial charge on any atom is 0.336 e. The molecular weight excluding hydrogens is 416 g/mol. The predicted octanol–water partition coefficient (Wildman–Crippen LogP) is 5.03. The molecule has 5 nitrogen and oxygen atoms in total. The van der Waals surface area contributed by atoms with Crippen LogP contribution in [0.15, 0.2) is 45.6 Å². The second kappa shape index (κ2) is 8.83. The first-order valence-corrected chi connectivity index (χ1v) is 9.81. The van der Waals surface area contributed by atoms with Gasteiger partial charge in [0.25, 0.3) is 5.91 Å². The van der Waals surface area contributed by atoms with E-state index in [0.29, 0.717) is 24.2 Å². The predicted molar refractivity (Wildman–Crippen MR) is 111 cm³/mol. The van der Waals surface area contributed by atoms with Crippen molar-refractivity contribution in [3.8, 4) is 16.9 Å². The number of amides is 1. The van der Waals surface area contributed by atoms with Crippen molar-refractivity contribution < 1.29 is 22.7 Å². The average molecular weight is 436 g/mol. The molecule has 0 unspecified atom stereocenters. The van der Waals surface area contributed by atoms with Gasteiger partial charge < -0.3 is 14.1 Å². The molecule has 0 radical (unpaired) electrons. The summed E-state index contributed by atoms with van der Waals surface area (Å²) in [7, 11) is 0. The van der Waals surface area contributed by atoms with Gasteiger partial charge in [-0.1, -0.05) is 11.6 Å². The molecule has 0 aliphatic heterocycles. The first-order chi connectivity index (χ1) is 14.2. The van der Waals surface area contributed by atoms with Crippen molar-refractivity contribution in [1.29, 1.82) is 0 Å². The van der Waals surface area contributed by atoms with Crippen molar-refractivity contribution in [2.24, 2.45) is 0 Å². The Bertz CT molecular complexity index is 1160. The highest BCUT2D eigenvalue weighted by molar-refractivity contribution is 6.33. The third kappa shape index (κ3) is 4.31. The van der Waals surface area contributed by atoms with Crippen LogP contribution in [0.2, 0.25) is 5.02 Å². The Balaban J connectivity index is 2.06. The van der Waals surface area contributed by atoms with Crippen LogP contribution in [-0.4, -0.2) is 30.0 Å². The minimum absolute atomic E-state index is 0.0526. The molecule has 3 aromatic rings. The van der Waals surface area contributed by atoms with Crippen LogP contribution in [0.4, 0.5) is 8.78 Å². The van der Waals surface area contributed by atoms with E-state index in [2.05, 4.69) is 0 Å². The number of carbonyl (C=O) groups excluding carboxylic acids is 1. The molecule has 0 saturated heterocycles. The fourth-order valence-corrected chi connectivity index (χ4v) is 3.49. The third-order valence-electron chi connectivity index (χ3n) is 4.74. The molecule has 0 N–H and O–H groups in total. The Morgan fingerprint density at radius 1 is 1.13 bits per heavy atom. The van der Waals surface area contributed by atoms with Crippen molar-refractivity contribution >= 4 is 28.5 Å². The first kappa shape index (κ1) is 21.8. The number of rotatable bonds is 6. The number of benzene rings is 2. The van der Waals surface area contributed by atoms with E-state index in [1.165, 1.54) is 25.1 Å². The molecule has 1 atom stereocenters. The van der Waals surface area contributed by atoms with E-state index in [0.717, 1.165) is 18.2 Å². The molecule has 8 heteroatoms. The fraction of sp³-hybridized carbons (Fsp3) is 0.273. The number of likely N-dealkylation sites (N-methyl/N-ethyl adjacent to an activating group) is 1. The van der Waals surface area contributed by atoms with Crippen LogP contribution in [0.5, 0.6) is 5.75 Å². The van der Waals surface area contributed by atoms with Gasteiger partial charge in [0.05, 0.1) is 5.02 Å². The van der Waals surface area contributed by atoms with Gasteiger partial charge in [-0.05, 0) is 45.0 Å². The Morgan fingerprint density at radius 2 is 1.83 bits per heavy atom. The smallest absolute Gasteiger partial charge is 0.336 e. The zero-order valence-corrected chi connectivity index (χ0v) is 17.4. The molecule has 0 spiro atoms. The molecule has 3 rings (SSSR count). The summed E-state index contributed by atoms with van der Waals surface area (Å²) in [6.45, 7) is 6.19. The maximum absolute atomic E-state index is 14.8. The summed E-state index contributed by atoms with van der Waals surface area (Å²) in [6.07, 6.45) is -0.932. The molecule has 0 bridgehead atoms. The number of fused-ring (bicyclic) bond motifs is 1. The van der Waals surface area contributed by atoms with E-state index in [1.807, 2.05) is 13.8 Å². The number of nitrogens with zero attached hydrogens (tertiary/aromatic N) is 1. The summed E-state index contributed by atoms with van der Waals surface area (Å²) in [6, 6.07) is 7.21. The standard InChI is InChI=1S/C22H20ClF2NO4/c1-4-26(5-2)22(28)12(3)29-20-11-19-16(9-18(20)25)15(10-21(27)30-19)14-7-6-13(24)8-17(14)23/h6-12H,4-5H2,1-3H3/t12-/m1/s1. The lowest BCUT2D eigenvalue weighted by atomic mass is 10.0. The second-order valence-electron chi connectivity index (χ2n) is 6.65. The Hall–Kier alpha value is -2.93. The van der Waals surface area contributed by atoms with Crippen molar-refractivity contribution in [2.75, 3.05) is 13.1 Å². The SMILES string of the molecule is CCN(CC)C(=O)[C@@H](C)Oc1cc2oc(=O)cc(-c3ccc(F)cc3Cl)c2cc1F. The van der Waals surface area contributed by atoms with E-state index in [4.69, 9.17) is 20.8 Å². The van der Waals surface area contributed by atoms with Crippen LogP contribution in [0, 0.1) is 11.6 Å². The van der Waals surface area contributed by atoms with Gasteiger partial charge in [-0.15, -0.1) is 0 Å². The molecule has 0 aliphatic rings. The molecule has 158 valence electrons. The van der Waals surface area contributed by atoms with Gasteiger partial charge in [0, 0.05) is 41.7 Å². The molecule has 2 aromatic carbocycles. The minimum Gasteiger partial charge on any atom is -0.478 e. The van der Waals surface area contributed by atoms with Crippen molar-refractivity contribution in [2.45, 2.75) is 26.9 Å². The van der Waals surface area contributed by atoms with Gasteiger partial charge in [-0.3, -0.25) is 4.79 Å². The van der Waals surface area contributed by atoms with Crippen LogP contribution in [-0.2, 0) is 4.79 Å². The lowest BCUT2D eigenvalue weighted by molar-refractivity contribution is -0.137. The van der Waals surface area contributed by atoms with Gasteiger partial charge >= 0.3 is 5.63 Å². The first-order valence-electron chi connectivity index (χ1n) is 9.43. The lowest BCUT2D eigenvalue weighted by Crippen LogP contribution is -2.40. The number of hydrogen-bond donors (Lipinski definition) is 0. The highest BCUT2D eigenvalue weighted by Crippen LogP contribution is 2.35. The largest absolute Gasteiger partial charge is 0.478 e. The highest BCUT2D eigenvalue weighted by Gasteiger charge is 2.22. The molecule has 0 aliphatic carbocycles. The normalized spacial score (nSPS) is 12.1. The molecule has 1 amide bonds. The summed E-state index contributed by atoms with van der Waals surface area (Å²) < 4.78 is 38.9. The van der Waals surface area contributed by atoms with Crippen LogP contribution in [0.1, 0.15) is 20.8 Å². The number of carbonyl (C=O) groups is 1. The monoisotopic (exact) mass is 435 g/mol. The van der Waals surface area contributed by atoms with E-state index in [1.54, 1.807) is 4.90 Å². The third-order valence-corrected chi connectivity index (χ3v) is 5.06. The minimum atomic E-state index is -0.932. The molecule has 1 aromatic heterocycles. The number of hydrogen-bond acceptors (Lipinski definition) is 4. The fourth-order valence-electron chi connectivity index (χ4n) is 3.22. The van der Waals surface area contributed by atoms with E-state index in [-0.39, 0.29) is 27.6 Å². The van der Waals surface area contributed by atoms with E-state index < -0.39 is 23.4 Å². The van der Waals surface area contributed by atoms with Crippen molar-refractivity contribution in [3.63, 3.8) is 0 Å². The van der Waals surface area contributed by atoms with Gasteiger partial charge in [0.2, 0.25) is 0 Å². The zero-order valence-electron chi connectivity index (χ0n) is 16.7. The van der Waals surface area contributed by atoms with Crippen LogP contribution in [0.3, 0.4) is 0 Å². The molecule has 30 heavy (non-hydrogen) atoms. The zero-order chi connectivity index (χ0) is 22.0. The van der Waals surface area contributed by atoms with Gasteiger partial charge in [0.15, 0.2) is 17.7 Å². The van der Waals surface area contributed by atoms with Crippen LogP contribution in [0.25, 0.3) is 22.1 Å². The quantitative estimate of drug-likeness (QED) is 0.510. The summed E-state index contributed by atoms with van der Waals surface area (Å²) in [5.41, 5.74) is 0.0116. The van der Waals surface area contributed by atoms with E-state index >= 15 is 0 Å². The molecule has 0 saturated carbocycles. The van der Waals surface area contributed by atoms with Crippen molar-refractivity contribution in [1.82, 2.24) is 4.90 Å². The van der Waals surface area contributed by atoms with Crippen molar-refractivity contribution in [3.05, 3.63) is 63.5 Å². The average Bonchev–Trinajstić information content (AvgIpc) is 2.69. The summed E-state index contributed by atoms with van der Waals surface area (Å²) in [5.74, 6) is -1.78. The Labute approximate surface area is 176 Å². The van der Waals surface area contributed by atoms with Gasteiger partial charge in [0.1, 0.15) is 11.4 Å². The Kier molecular flexibility index (Phi) is 6.41. The molecule has 1 heterocycles. The van der Waals surface area contributed by atoms with E-state index in [9.17, 15) is 18.4 Å². The van der Waals surface area contributed by atoms with Gasteiger partial charge in [-0.2, -0.15) is 0 Å². The Morgan fingerprint density at radius 3 is 2.47 bits per heavy atom. The topological polar surface area (TPSA) is 59.8 Å². The second-order valence-corrected chi connectivity index (χ2v) is 7.06. The summed E-state index contributed by atoms with van der Waals surface area (Å²) in [5, 5.41) is 0.330. The maximum atomic E-state index is 14.8. The highest BCUT2D eigenvalue weighted by atomic mass is 35.5. The molecule has 0 fully saturated rings. The molecular formula is C22H20ClF2NO4. The van der Waals surface area contributed by atoms with Crippen LogP contribution >= 0.6 is 11.6 Å². The summed E-state index contributed by atoms with van der Waals surface area (Å²) in [4.78, 5) is 26.0. The summed E-state index contributed by atoms with van der Waals surface area (Å²) >= 11 is 6.12. The number of halogens is 3.